The summed E-state index contributed by atoms with van der Waals surface area (Å²) in [5, 5.41) is 7.32. The smallest absolute Gasteiger partial charge is 0.227 e. The van der Waals surface area contributed by atoms with Gasteiger partial charge in [-0.05, 0) is 61.4 Å². The van der Waals surface area contributed by atoms with Crippen LogP contribution in [0.1, 0.15) is 12.8 Å². The number of rotatable bonds is 8. The number of carbonyl (C=O) groups is 1. The Morgan fingerprint density at radius 2 is 1.74 bits per heavy atom. The molecule has 1 aliphatic heterocycles. The molecule has 6 rings (SSSR count). The van der Waals surface area contributed by atoms with Crippen LogP contribution in [0.4, 0.5) is 15.9 Å². The fraction of sp³-hybridized carbons (Fsp3) is 0.188. The summed E-state index contributed by atoms with van der Waals surface area (Å²) in [6, 6.07) is 22.6. The van der Waals surface area contributed by atoms with Crippen molar-refractivity contribution in [3.05, 3.63) is 103 Å². The first-order valence-corrected chi connectivity index (χ1v) is 13.7. The Labute approximate surface area is 242 Å². The molecule has 1 amide bonds. The molecule has 0 aliphatic carbocycles. The summed E-state index contributed by atoms with van der Waals surface area (Å²) in [4.78, 5) is 24.7. The van der Waals surface area contributed by atoms with Crippen LogP contribution in [-0.4, -0.2) is 45.9 Å². The second kappa shape index (κ2) is 12.1. The maximum absolute atomic E-state index is 13.3. The Morgan fingerprint density at radius 3 is 2.50 bits per heavy atom. The number of anilines is 2. The number of aromatic nitrogens is 4. The van der Waals surface area contributed by atoms with Crippen molar-refractivity contribution < 1.29 is 18.7 Å². The van der Waals surface area contributed by atoms with Crippen molar-refractivity contribution in [3.8, 4) is 34.3 Å². The highest BCUT2D eigenvalue weighted by Gasteiger charge is 2.26. The molecule has 212 valence electrons. The minimum absolute atomic E-state index is 0.0607. The second-order valence-corrected chi connectivity index (χ2v) is 9.94. The van der Waals surface area contributed by atoms with Gasteiger partial charge in [0.25, 0.3) is 0 Å². The molecule has 0 unspecified atom stereocenters. The minimum Gasteiger partial charge on any atom is -0.497 e. The molecule has 0 radical (unpaired) electrons. The van der Waals surface area contributed by atoms with Crippen LogP contribution in [0.25, 0.3) is 17.1 Å². The number of halogens is 1. The van der Waals surface area contributed by atoms with Gasteiger partial charge in [-0.3, -0.25) is 4.79 Å². The van der Waals surface area contributed by atoms with Crippen molar-refractivity contribution in [2.45, 2.75) is 12.8 Å². The van der Waals surface area contributed by atoms with E-state index in [0.717, 1.165) is 17.1 Å². The van der Waals surface area contributed by atoms with Crippen molar-refractivity contribution in [1.29, 1.82) is 0 Å². The fourth-order valence-corrected chi connectivity index (χ4v) is 4.95. The van der Waals surface area contributed by atoms with E-state index in [1.54, 1.807) is 54.5 Å². The van der Waals surface area contributed by atoms with E-state index >= 15 is 0 Å². The number of hydrogen-bond acceptors (Lipinski definition) is 7. The molecular formula is C32H29FN6O3. The molecule has 1 N–H and O–H groups in total. The van der Waals surface area contributed by atoms with Gasteiger partial charge in [0, 0.05) is 67.0 Å². The molecular weight excluding hydrogens is 535 g/mol. The molecule has 3 heterocycles. The Hall–Kier alpha value is -5.25. The van der Waals surface area contributed by atoms with E-state index in [4.69, 9.17) is 14.5 Å². The van der Waals surface area contributed by atoms with Crippen molar-refractivity contribution in [2.24, 2.45) is 5.92 Å². The molecule has 1 aliphatic rings. The Morgan fingerprint density at radius 1 is 0.929 bits per heavy atom. The van der Waals surface area contributed by atoms with Crippen molar-refractivity contribution in [3.63, 3.8) is 0 Å². The third-order valence-corrected chi connectivity index (χ3v) is 7.14. The van der Waals surface area contributed by atoms with Gasteiger partial charge >= 0.3 is 0 Å². The third-order valence-electron chi connectivity index (χ3n) is 7.14. The highest BCUT2D eigenvalue weighted by atomic mass is 19.1. The summed E-state index contributed by atoms with van der Waals surface area (Å²) in [6.45, 7) is 1.39. The van der Waals surface area contributed by atoms with E-state index in [2.05, 4.69) is 20.3 Å². The largest absolute Gasteiger partial charge is 0.497 e. The molecule has 0 bridgehead atoms. The summed E-state index contributed by atoms with van der Waals surface area (Å²) in [6.07, 6.45) is 6.77. The van der Waals surface area contributed by atoms with E-state index in [-0.39, 0.29) is 17.6 Å². The number of methoxy groups -OCH3 is 1. The lowest BCUT2D eigenvalue weighted by Gasteiger charge is -2.32. The zero-order valence-corrected chi connectivity index (χ0v) is 23.0. The third kappa shape index (κ3) is 6.22. The van der Waals surface area contributed by atoms with Crippen LogP contribution >= 0.6 is 0 Å². The summed E-state index contributed by atoms with van der Waals surface area (Å²) in [5.74, 6) is 2.40. The first kappa shape index (κ1) is 26.9. The minimum atomic E-state index is -0.344. The van der Waals surface area contributed by atoms with Crippen LogP contribution in [0.3, 0.4) is 0 Å². The van der Waals surface area contributed by atoms with Crippen LogP contribution in [0.5, 0.6) is 17.2 Å². The maximum atomic E-state index is 13.3. The van der Waals surface area contributed by atoms with E-state index in [0.29, 0.717) is 54.7 Å². The first-order chi connectivity index (χ1) is 20.5. The van der Waals surface area contributed by atoms with Gasteiger partial charge in [-0.2, -0.15) is 5.10 Å². The SMILES string of the molecule is COc1cc(NC(=O)C2CCN(c3ccnc(-c4cccc(-n5cccn5)c4)n3)CC2)cc(Oc2ccc(F)cc2)c1. The molecule has 0 saturated carbocycles. The highest BCUT2D eigenvalue weighted by molar-refractivity contribution is 5.93. The van der Waals surface area contributed by atoms with Gasteiger partial charge in [-0.15, -0.1) is 0 Å². The van der Waals surface area contributed by atoms with Crippen LogP contribution in [-0.2, 0) is 4.79 Å². The molecule has 1 saturated heterocycles. The number of benzene rings is 3. The zero-order chi connectivity index (χ0) is 28.9. The summed E-state index contributed by atoms with van der Waals surface area (Å²) >= 11 is 0. The van der Waals surface area contributed by atoms with Crippen molar-refractivity contribution >= 4 is 17.4 Å². The number of hydrogen-bond donors (Lipinski definition) is 1. The number of amides is 1. The number of ether oxygens (including phenoxy) is 2. The molecule has 1 fully saturated rings. The van der Waals surface area contributed by atoms with Gasteiger partial charge in [0.1, 0.15) is 28.9 Å². The van der Waals surface area contributed by atoms with Gasteiger partial charge in [-0.25, -0.2) is 19.0 Å². The van der Waals surface area contributed by atoms with Gasteiger partial charge in [-0.1, -0.05) is 12.1 Å². The predicted octanol–water partition coefficient (Wildman–Crippen LogP) is 6.12. The fourth-order valence-electron chi connectivity index (χ4n) is 4.95. The average Bonchev–Trinajstić information content (AvgIpc) is 3.58. The number of nitrogens with one attached hydrogen (secondary N) is 1. The second-order valence-electron chi connectivity index (χ2n) is 9.94. The standard InChI is InChI=1S/C32H29FN6O3/c1-41-28-19-25(20-29(21-28)42-27-8-6-24(33)7-9-27)36-32(40)22-11-16-38(17-12-22)30-10-14-34-31(37-30)23-4-2-5-26(18-23)39-15-3-13-35-39/h2-10,13-15,18-22H,11-12,16-17H2,1H3,(H,36,40). The summed E-state index contributed by atoms with van der Waals surface area (Å²) < 4.78 is 26.3. The number of carbonyl (C=O) groups excluding carboxylic acids is 1. The average molecular weight is 565 g/mol. The monoisotopic (exact) mass is 564 g/mol. The normalized spacial score (nSPS) is 13.5. The molecule has 5 aromatic rings. The van der Waals surface area contributed by atoms with Gasteiger partial charge in [0.05, 0.1) is 12.8 Å². The lowest BCUT2D eigenvalue weighted by molar-refractivity contribution is -0.120. The summed E-state index contributed by atoms with van der Waals surface area (Å²) in [7, 11) is 1.55. The van der Waals surface area contributed by atoms with Gasteiger partial charge in [0.15, 0.2) is 5.82 Å². The van der Waals surface area contributed by atoms with Gasteiger partial charge < -0.3 is 19.7 Å². The molecule has 9 nitrogen and oxygen atoms in total. The lowest BCUT2D eigenvalue weighted by atomic mass is 9.95. The predicted molar refractivity (Wildman–Crippen MR) is 158 cm³/mol. The maximum Gasteiger partial charge on any atom is 0.227 e. The number of piperidine rings is 1. The Balaban J connectivity index is 1.09. The molecule has 2 aromatic heterocycles. The zero-order valence-electron chi connectivity index (χ0n) is 23.0. The molecule has 0 spiro atoms. The molecule has 0 atom stereocenters. The molecule has 3 aromatic carbocycles. The Kier molecular flexibility index (Phi) is 7.76. The van der Waals surface area contributed by atoms with E-state index < -0.39 is 0 Å². The Bertz CT molecular complexity index is 1670. The van der Waals surface area contributed by atoms with Gasteiger partial charge in [0.2, 0.25) is 5.91 Å². The topological polar surface area (TPSA) is 94.4 Å². The van der Waals surface area contributed by atoms with Crippen molar-refractivity contribution in [1.82, 2.24) is 19.7 Å². The van der Waals surface area contributed by atoms with Crippen LogP contribution in [0.2, 0.25) is 0 Å². The molecule has 42 heavy (non-hydrogen) atoms. The van der Waals surface area contributed by atoms with Crippen LogP contribution in [0, 0.1) is 11.7 Å². The van der Waals surface area contributed by atoms with E-state index in [1.165, 1.54) is 12.1 Å². The first-order valence-electron chi connectivity index (χ1n) is 13.7. The van der Waals surface area contributed by atoms with Crippen LogP contribution < -0.4 is 19.7 Å². The highest BCUT2D eigenvalue weighted by Crippen LogP contribution is 2.31. The molecule has 10 heteroatoms. The van der Waals surface area contributed by atoms with E-state index in [9.17, 15) is 9.18 Å². The quantitative estimate of drug-likeness (QED) is 0.243. The summed E-state index contributed by atoms with van der Waals surface area (Å²) in [5.41, 5.74) is 2.40. The van der Waals surface area contributed by atoms with Crippen molar-refractivity contribution in [2.75, 3.05) is 30.4 Å². The van der Waals surface area contributed by atoms with E-state index in [1.807, 2.05) is 42.6 Å². The van der Waals surface area contributed by atoms with Crippen LogP contribution in [0.15, 0.2) is 97.5 Å². The number of nitrogens with zero attached hydrogens (tertiary/aromatic N) is 5. The lowest BCUT2D eigenvalue weighted by Crippen LogP contribution is -2.38.